The first-order valence-corrected chi connectivity index (χ1v) is 7.02. The number of fused-ring (bicyclic) bond motifs is 1. The Morgan fingerprint density at radius 3 is 2.64 bits per heavy atom. The standard InChI is InChI=1S/C17H17NO4/c1-11-4-3-5-12(2)16(11)18-17(19)20-9-13-6-7-14-15(8-13)22-10-21-14/h3-8H,9-10H2,1-2H3,(H,18,19). The number of hydrogen-bond acceptors (Lipinski definition) is 4. The zero-order chi connectivity index (χ0) is 15.5. The second-order valence-corrected chi connectivity index (χ2v) is 5.16. The quantitative estimate of drug-likeness (QED) is 0.937. The maximum atomic E-state index is 11.9. The van der Waals surface area contributed by atoms with Crippen molar-refractivity contribution in [2.45, 2.75) is 20.5 Å². The first-order chi connectivity index (χ1) is 10.6. The summed E-state index contributed by atoms with van der Waals surface area (Å²) < 4.78 is 15.8. The summed E-state index contributed by atoms with van der Waals surface area (Å²) in [6.07, 6.45) is -0.477. The smallest absolute Gasteiger partial charge is 0.411 e. The molecule has 0 spiro atoms. The molecule has 0 radical (unpaired) electrons. The normalized spacial score (nSPS) is 12.1. The summed E-state index contributed by atoms with van der Waals surface area (Å²) in [6, 6.07) is 11.3. The van der Waals surface area contributed by atoms with Crippen LogP contribution in [0.4, 0.5) is 10.5 Å². The Bertz CT molecular complexity index is 692. The molecule has 0 bridgehead atoms. The van der Waals surface area contributed by atoms with Crippen molar-refractivity contribution in [3.63, 3.8) is 0 Å². The molecule has 1 N–H and O–H groups in total. The molecule has 0 unspecified atom stereocenters. The minimum atomic E-state index is -0.477. The lowest BCUT2D eigenvalue weighted by Crippen LogP contribution is -2.15. The average molecular weight is 299 g/mol. The van der Waals surface area contributed by atoms with Crippen molar-refractivity contribution in [3.05, 3.63) is 53.1 Å². The minimum Gasteiger partial charge on any atom is -0.454 e. The molecule has 1 aliphatic rings. The van der Waals surface area contributed by atoms with Gasteiger partial charge in [0, 0.05) is 5.69 Å². The van der Waals surface area contributed by atoms with E-state index in [9.17, 15) is 4.79 Å². The van der Waals surface area contributed by atoms with E-state index in [0.29, 0.717) is 11.5 Å². The first-order valence-electron chi connectivity index (χ1n) is 7.02. The Kier molecular flexibility index (Phi) is 3.87. The number of amides is 1. The molecule has 2 aromatic rings. The van der Waals surface area contributed by atoms with E-state index in [4.69, 9.17) is 14.2 Å². The van der Waals surface area contributed by atoms with Crippen molar-refractivity contribution in [1.29, 1.82) is 0 Å². The van der Waals surface area contributed by atoms with Gasteiger partial charge in [-0.05, 0) is 42.7 Å². The van der Waals surface area contributed by atoms with Crippen LogP contribution < -0.4 is 14.8 Å². The summed E-state index contributed by atoms with van der Waals surface area (Å²) in [5.74, 6) is 1.39. The maximum Gasteiger partial charge on any atom is 0.411 e. The second-order valence-electron chi connectivity index (χ2n) is 5.16. The fourth-order valence-corrected chi connectivity index (χ4v) is 2.33. The maximum absolute atomic E-state index is 11.9. The molecule has 0 saturated carbocycles. The molecule has 1 aliphatic heterocycles. The third-order valence-corrected chi connectivity index (χ3v) is 3.52. The largest absolute Gasteiger partial charge is 0.454 e. The number of anilines is 1. The SMILES string of the molecule is Cc1cccc(C)c1NC(=O)OCc1ccc2c(c1)OCO2. The number of hydrogen-bond donors (Lipinski definition) is 1. The van der Waals surface area contributed by atoms with Crippen molar-refractivity contribution < 1.29 is 19.0 Å². The fraction of sp³-hybridized carbons (Fsp3) is 0.235. The van der Waals surface area contributed by atoms with Crippen LogP contribution in [0.5, 0.6) is 11.5 Å². The number of carbonyl (C=O) groups is 1. The summed E-state index contributed by atoms with van der Waals surface area (Å²) in [5, 5.41) is 2.78. The highest BCUT2D eigenvalue weighted by Gasteiger charge is 2.14. The van der Waals surface area contributed by atoms with Gasteiger partial charge in [-0.2, -0.15) is 0 Å². The molecule has 1 amide bonds. The molecule has 0 fully saturated rings. The Morgan fingerprint density at radius 2 is 1.86 bits per heavy atom. The highest BCUT2D eigenvalue weighted by atomic mass is 16.7. The Balaban J connectivity index is 1.61. The van der Waals surface area contributed by atoms with Gasteiger partial charge in [0.05, 0.1) is 0 Å². The van der Waals surface area contributed by atoms with E-state index >= 15 is 0 Å². The van der Waals surface area contributed by atoms with Crippen LogP contribution in [-0.2, 0) is 11.3 Å². The predicted octanol–water partition coefficient (Wildman–Crippen LogP) is 3.78. The second kappa shape index (κ2) is 5.97. The third kappa shape index (κ3) is 2.98. The number of rotatable bonds is 3. The number of nitrogens with one attached hydrogen (secondary N) is 1. The first kappa shape index (κ1) is 14.3. The van der Waals surface area contributed by atoms with E-state index in [1.54, 1.807) is 0 Å². The van der Waals surface area contributed by atoms with Gasteiger partial charge in [-0.15, -0.1) is 0 Å². The van der Waals surface area contributed by atoms with Gasteiger partial charge >= 0.3 is 6.09 Å². The van der Waals surface area contributed by atoms with Crippen molar-refractivity contribution >= 4 is 11.8 Å². The number of aryl methyl sites for hydroxylation is 2. The van der Waals surface area contributed by atoms with Gasteiger partial charge in [0.1, 0.15) is 6.61 Å². The van der Waals surface area contributed by atoms with Crippen LogP contribution in [0.2, 0.25) is 0 Å². The number of para-hydroxylation sites is 1. The van der Waals surface area contributed by atoms with Crippen molar-refractivity contribution in [1.82, 2.24) is 0 Å². The van der Waals surface area contributed by atoms with Crippen LogP contribution in [0, 0.1) is 13.8 Å². The number of benzene rings is 2. The Morgan fingerprint density at radius 1 is 1.14 bits per heavy atom. The van der Waals surface area contributed by atoms with E-state index in [2.05, 4.69) is 5.32 Å². The molecule has 3 rings (SSSR count). The zero-order valence-electron chi connectivity index (χ0n) is 12.5. The van der Waals surface area contributed by atoms with E-state index in [1.165, 1.54) is 0 Å². The molecule has 0 saturated heterocycles. The third-order valence-electron chi connectivity index (χ3n) is 3.52. The van der Waals surface area contributed by atoms with Crippen molar-refractivity contribution in [2.24, 2.45) is 0 Å². The Hall–Kier alpha value is -2.69. The molecular formula is C17H17NO4. The van der Waals surface area contributed by atoms with Crippen LogP contribution in [0.25, 0.3) is 0 Å². The number of ether oxygens (including phenoxy) is 3. The van der Waals surface area contributed by atoms with E-state index in [1.807, 2.05) is 50.2 Å². The molecule has 1 heterocycles. The van der Waals surface area contributed by atoms with Gasteiger partial charge in [-0.25, -0.2) is 4.79 Å². The lowest BCUT2D eigenvalue weighted by molar-refractivity contribution is 0.154. The van der Waals surface area contributed by atoms with Crippen LogP contribution in [0.3, 0.4) is 0 Å². The molecule has 0 aromatic heterocycles. The summed E-state index contributed by atoms with van der Waals surface area (Å²) in [6.45, 7) is 4.29. The highest BCUT2D eigenvalue weighted by Crippen LogP contribution is 2.32. The fourth-order valence-electron chi connectivity index (χ4n) is 2.33. The van der Waals surface area contributed by atoms with Crippen LogP contribution >= 0.6 is 0 Å². The van der Waals surface area contributed by atoms with Crippen molar-refractivity contribution in [2.75, 3.05) is 12.1 Å². The highest BCUT2D eigenvalue weighted by molar-refractivity contribution is 5.86. The van der Waals surface area contributed by atoms with Gasteiger partial charge in [-0.1, -0.05) is 24.3 Å². The molecule has 0 aliphatic carbocycles. The van der Waals surface area contributed by atoms with E-state index < -0.39 is 6.09 Å². The van der Waals surface area contributed by atoms with Crippen LogP contribution in [0.15, 0.2) is 36.4 Å². The lowest BCUT2D eigenvalue weighted by Gasteiger charge is -2.12. The topological polar surface area (TPSA) is 56.8 Å². The summed E-state index contributed by atoms with van der Waals surface area (Å²) in [4.78, 5) is 11.9. The van der Waals surface area contributed by atoms with Crippen molar-refractivity contribution in [3.8, 4) is 11.5 Å². The van der Waals surface area contributed by atoms with E-state index in [0.717, 1.165) is 22.4 Å². The van der Waals surface area contributed by atoms with Gasteiger partial charge < -0.3 is 14.2 Å². The van der Waals surface area contributed by atoms with Gasteiger partial charge in [0.2, 0.25) is 6.79 Å². The zero-order valence-corrected chi connectivity index (χ0v) is 12.5. The number of carbonyl (C=O) groups excluding carboxylic acids is 1. The molecule has 5 heteroatoms. The van der Waals surface area contributed by atoms with Gasteiger partial charge in [-0.3, -0.25) is 5.32 Å². The molecular weight excluding hydrogens is 282 g/mol. The molecule has 5 nitrogen and oxygen atoms in total. The van der Waals surface area contributed by atoms with E-state index in [-0.39, 0.29) is 13.4 Å². The minimum absolute atomic E-state index is 0.174. The average Bonchev–Trinajstić information content (AvgIpc) is 2.96. The molecule has 2 aromatic carbocycles. The van der Waals surface area contributed by atoms with Gasteiger partial charge in [0.25, 0.3) is 0 Å². The molecule has 114 valence electrons. The Labute approximate surface area is 128 Å². The van der Waals surface area contributed by atoms with Crippen LogP contribution in [0.1, 0.15) is 16.7 Å². The monoisotopic (exact) mass is 299 g/mol. The van der Waals surface area contributed by atoms with Gasteiger partial charge in [0.15, 0.2) is 11.5 Å². The summed E-state index contributed by atoms with van der Waals surface area (Å²) in [7, 11) is 0. The summed E-state index contributed by atoms with van der Waals surface area (Å²) >= 11 is 0. The predicted molar refractivity (Wildman–Crippen MR) is 82.3 cm³/mol. The summed E-state index contributed by atoms with van der Waals surface area (Å²) in [5.41, 5.74) is 3.64. The molecule has 22 heavy (non-hydrogen) atoms. The lowest BCUT2D eigenvalue weighted by atomic mass is 10.1. The van der Waals surface area contributed by atoms with Crippen LogP contribution in [-0.4, -0.2) is 12.9 Å². The molecule has 0 atom stereocenters.